The Hall–Kier alpha value is -0.770. The van der Waals surface area contributed by atoms with Crippen LogP contribution >= 0.6 is 0 Å². The van der Waals surface area contributed by atoms with E-state index in [1.165, 1.54) is 0 Å². The van der Waals surface area contributed by atoms with E-state index in [0.29, 0.717) is 13.0 Å². The third-order valence-corrected chi connectivity index (χ3v) is 2.30. The van der Waals surface area contributed by atoms with Crippen LogP contribution in [0.3, 0.4) is 0 Å². The molecule has 1 rings (SSSR count). The first-order valence-electron chi connectivity index (χ1n) is 4.39. The predicted octanol–water partition coefficient (Wildman–Crippen LogP) is 1.30. The summed E-state index contributed by atoms with van der Waals surface area (Å²) in [6.45, 7) is 6.42. The third kappa shape index (κ3) is 2.59. The molecule has 0 spiro atoms. The Kier molecular flexibility index (Phi) is 2.52. The summed E-state index contributed by atoms with van der Waals surface area (Å²) in [4.78, 5) is 10.9. The second kappa shape index (κ2) is 3.18. The van der Waals surface area contributed by atoms with Gasteiger partial charge in [0.2, 0.25) is 0 Å². The Balaban J connectivity index is 2.57. The second-order valence-corrected chi connectivity index (χ2v) is 4.33. The van der Waals surface area contributed by atoms with Gasteiger partial charge in [0.15, 0.2) is 0 Å². The van der Waals surface area contributed by atoms with Gasteiger partial charge in [-0.2, -0.15) is 0 Å². The molecule has 1 unspecified atom stereocenters. The number of alkyl carbamates (subject to hydrolysis) is 1. The molecule has 76 valence electrons. The minimum atomic E-state index is -0.434. The molecule has 1 amide bonds. The number of carbonyl (C=O) groups excluding carboxylic acids is 1. The smallest absolute Gasteiger partial charge is 0.407 e. The molecule has 0 aromatic rings. The Morgan fingerprint density at radius 2 is 2.31 bits per heavy atom. The van der Waals surface area contributed by atoms with Crippen LogP contribution in [0.1, 0.15) is 27.2 Å². The van der Waals surface area contributed by atoms with E-state index < -0.39 is 5.60 Å². The maximum Gasteiger partial charge on any atom is 0.407 e. The minimum absolute atomic E-state index is 0.263. The van der Waals surface area contributed by atoms with Gasteiger partial charge >= 0.3 is 6.09 Å². The Labute approximate surface area is 78.6 Å². The van der Waals surface area contributed by atoms with E-state index in [2.05, 4.69) is 5.32 Å². The number of hydrogen-bond acceptors (Lipinski definition) is 3. The predicted molar refractivity (Wildman–Crippen MR) is 48.6 cm³/mol. The molecule has 4 heteroatoms. The number of rotatable bonds is 3. The van der Waals surface area contributed by atoms with E-state index in [4.69, 9.17) is 9.47 Å². The summed E-state index contributed by atoms with van der Waals surface area (Å²) < 4.78 is 10.4. The fraction of sp³-hybridized carbons (Fsp3) is 0.889. The number of methoxy groups -OCH3 is 1. The highest BCUT2D eigenvalue weighted by Crippen LogP contribution is 2.28. The summed E-state index contributed by atoms with van der Waals surface area (Å²) in [6.07, 6.45) is 0.351. The van der Waals surface area contributed by atoms with Crippen molar-refractivity contribution in [3.8, 4) is 0 Å². The largest absolute Gasteiger partial charge is 0.441 e. The summed E-state index contributed by atoms with van der Waals surface area (Å²) in [5, 5.41) is 2.64. The Morgan fingerprint density at radius 1 is 1.69 bits per heavy atom. The fourth-order valence-electron chi connectivity index (χ4n) is 1.63. The molecule has 0 radical (unpaired) electrons. The average molecular weight is 187 g/mol. The molecule has 0 aromatic carbocycles. The van der Waals surface area contributed by atoms with E-state index in [0.717, 1.165) is 0 Å². The van der Waals surface area contributed by atoms with Crippen molar-refractivity contribution >= 4 is 6.09 Å². The molecule has 0 saturated carbocycles. The van der Waals surface area contributed by atoms with Gasteiger partial charge < -0.3 is 14.8 Å². The van der Waals surface area contributed by atoms with Gasteiger partial charge in [-0.1, -0.05) is 0 Å². The first kappa shape index (κ1) is 10.3. The molecule has 1 saturated heterocycles. The maximum absolute atomic E-state index is 10.9. The number of cyclic esters (lactones) is 1. The van der Waals surface area contributed by atoms with Crippen molar-refractivity contribution < 1.29 is 14.3 Å². The van der Waals surface area contributed by atoms with Gasteiger partial charge in [0, 0.05) is 13.5 Å². The van der Waals surface area contributed by atoms with E-state index >= 15 is 0 Å². The van der Waals surface area contributed by atoms with E-state index in [1.54, 1.807) is 7.11 Å². The van der Waals surface area contributed by atoms with Crippen molar-refractivity contribution in [2.24, 2.45) is 0 Å². The zero-order valence-electron chi connectivity index (χ0n) is 8.64. The van der Waals surface area contributed by atoms with Gasteiger partial charge in [-0.25, -0.2) is 4.79 Å². The van der Waals surface area contributed by atoms with Crippen molar-refractivity contribution in [1.29, 1.82) is 0 Å². The lowest BCUT2D eigenvalue weighted by Gasteiger charge is -2.31. The minimum Gasteiger partial charge on any atom is -0.441 e. The summed E-state index contributed by atoms with van der Waals surface area (Å²) in [5.41, 5.74) is -0.697. The molecular weight excluding hydrogens is 170 g/mol. The molecule has 0 aliphatic carbocycles. The fourth-order valence-corrected chi connectivity index (χ4v) is 1.63. The normalized spacial score (nSPS) is 28.5. The molecule has 0 aromatic heterocycles. The van der Waals surface area contributed by atoms with Crippen LogP contribution in [0.25, 0.3) is 0 Å². The Bertz CT molecular complexity index is 215. The van der Waals surface area contributed by atoms with Crippen molar-refractivity contribution in [1.82, 2.24) is 5.32 Å². The SMILES string of the molecule is COC(C)(C)CC1(C)CNC(=O)O1. The highest BCUT2D eigenvalue weighted by Gasteiger charge is 2.40. The molecule has 0 bridgehead atoms. The van der Waals surface area contributed by atoms with Crippen LogP contribution in [0.15, 0.2) is 0 Å². The van der Waals surface area contributed by atoms with Crippen molar-refractivity contribution in [3.63, 3.8) is 0 Å². The van der Waals surface area contributed by atoms with Gasteiger partial charge in [-0.15, -0.1) is 0 Å². The first-order chi connectivity index (χ1) is 5.87. The summed E-state index contributed by atoms with van der Waals surface area (Å²) in [6, 6.07) is 0. The number of hydrogen-bond donors (Lipinski definition) is 1. The van der Waals surface area contributed by atoms with E-state index in [9.17, 15) is 4.79 Å². The number of amides is 1. The maximum atomic E-state index is 10.9. The average Bonchev–Trinajstić information content (AvgIpc) is 2.30. The second-order valence-electron chi connectivity index (χ2n) is 4.33. The highest BCUT2D eigenvalue weighted by atomic mass is 16.6. The van der Waals surface area contributed by atoms with Crippen LogP contribution in [0.4, 0.5) is 4.79 Å². The lowest BCUT2D eigenvalue weighted by molar-refractivity contribution is -0.0455. The van der Waals surface area contributed by atoms with Gasteiger partial charge in [-0.05, 0) is 20.8 Å². The third-order valence-electron chi connectivity index (χ3n) is 2.30. The molecule has 1 atom stereocenters. The molecular formula is C9H17NO3. The summed E-state index contributed by atoms with van der Waals surface area (Å²) in [7, 11) is 1.66. The van der Waals surface area contributed by atoms with Crippen LogP contribution < -0.4 is 5.32 Å². The van der Waals surface area contributed by atoms with Gasteiger partial charge in [0.25, 0.3) is 0 Å². The van der Waals surface area contributed by atoms with E-state index in [1.807, 2.05) is 20.8 Å². The van der Waals surface area contributed by atoms with Gasteiger partial charge in [-0.3, -0.25) is 0 Å². The highest BCUT2D eigenvalue weighted by molar-refractivity contribution is 5.70. The van der Waals surface area contributed by atoms with Crippen LogP contribution in [-0.4, -0.2) is 30.9 Å². The zero-order valence-corrected chi connectivity index (χ0v) is 8.64. The molecule has 4 nitrogen and oxygen atoms in total. The van der Waals surface area contributed by atoms with Crippen LogP contribution in [0.5, 0.6) is 0 Å². The van der Waals surface area contributed by atoms with E-state index in [-0.39, 0.29) is 11.7 Å². The van der Waals surface area contributed by atoms with Crippen LogP contribution in [-0.2, 0) is 9.47 Å². The quantitative estimate of drug-likeness (QED) is 0.724. The number of ether oxygens (including phenoxy) is 2. The Morgan fingerprint density at radius 3 is 2.69 bits per heavy atom. The molecule has 1 N–H and O–H groups in total. The monoisotopic (exact) mass is 187 g/mol. The molecule has 1 heterocycles. The lowest BCUT2D eigenvalue weighted by atomic mass is 9.91. The zero-order chi connectivity index (χ0) is 10.1. The molecule has 1 aliphatic heterocycles. The standard InChI is InChI=1S/C9H17NO3/c1-8(2,12-4)5-9(3)6-10-7(11)13-9/h5-6H2,1-4H3,(H,10,11). The molecule has 13 heavy (non-hydrogen) atoms. The van der Waals surface area contributed by atoms with Crippen LogP contribution in [0, 0.1) is 0 Å². The topological polar surface area (TPSA) is 47.6 Å². The van der Waals surface area contributed by atoms with Crippen molar-refractivity contribution in [2.45, 2.75) is 38.4 Å². The van der Waals surface area contributed by atoms with Gasteiger partial charge in [0.1, 0.15) is 5.60 Å². The van der Waals surface area contributed by atoms with Gasteiger partial charge in [0.05, 0.1) is 12.1 Å². The van der Waals surface area contributed by atoms with Crippen molar-refractivity contribution in [3.05, 3.63) is 0 Å². The number of carbonyl (C=O) groups is 1. The summed E-state index contributed by atoms with van der Waals surface area (Å²) >= 11 is 0. The molecule has 1 aliphatic rings. The first-order valence-corrected chi connectivity index (χ1v) is 4.39. The summed E-state index contributed by atoms with van der Waals surface area (Å²) in [5.74, 6) is 0. The number of nitrogens with one attached hydrogen (secondary N) is 1. The van der Waals surface area contributed by atoms with Crippen LogP contribution in [0.2, 0.25) is 0 Å². The van der Waals surface area contributed by atoms with Crippen molar-refractivity contribution in [2.75, 3.05) is 13.7 Å². The lowest BCUT2D eigenvalue weighted by Crippen LogP contribution is -2.39. The molecule has 1 fully saturated rings.